The molecule has 1 saturated heterocycles. The van der Waals surface area contributed by atoms with E-state index >= 15 is 0 Å². The number of benzene rings is 1. The summed E-state index contributed by atoms with van der Waals surface area (Å²) in [5.74, 6) is -0.465. The molecule has 0 spiro atoms. The molecular weight excluding hydrogens is 283 g/mol. The van der Waals surface area contributed by atoms with E-state index in [0.717, 1.165) is 5.69 Å². The van der Waals surface area contributed by atoms with Crippen molar-refractivity contribution >= 4 is 17.3 Å². The normalized spacial score (nSPS) is 18.1. The lowest BCUT2D eigenvalue weighted by molar-refractivity contribution is -0.158. The summed E-state index contributed by atoms with van der Waals surface area (Å²) in [5.41, 5.74) is 5.43. The van der Waals surface area contributed by atoms with E-state index < -0.39 is 17.2 Å². The van der Waals surface area contributed by atoms with Gasteiger partial charge in [0.25, 0.3) is 0 Å². The molecule has 1 aromatic rings. The zero-order valence-corrected chi connectivity index (χ0v) is 13.6. The van der Waals surface area contributed by atoms with E-state index in [2.05, 4.69) is 4.90 Å². The van der Waals surface area contributed by atoms with Crippen molar-refractivity contribution in [1.82, 2.24) is 0 Å². The van der Waals surface area contributed by atoms with Gasteiger partial charge in [0.2, 0.25) is 0 Å². The van der Waals surface area contributed by atoms with Gasteiger partial charge >= 0.3 is 5.97 Å². The molecule has 0 atom stereocenters. The summed E-state index contributed by atoms with van der Waals surface area (Å²) in [6.07, 6.45) is 0.469. The first-order valence-corrected chi connectivity index (χ1v) is 7.68. The smallest absolute Gasteiger partial charge is 0.309 e. The lowest BCUT2D eigenvalue weighted by Gasteiger charge is -2.37. The molecule has 122 valence electrons. The van der Waals surface area contributed by atoms with E-state index in [-0.39, 0.29) is 6.42 Å². The number of piperidine rings is 1. The standard InChI is InChI=1S/C17H25FN2O2/c1-16(2,3)22-15(21)12-17(18)7-9-20(10-8-17)14-6-4-5-13(19)11-14/h4-6,11H,7-10,12,19H2,1-3H3. The monoisotopic (exact) mass is 308 g/mol. The third kappa shape index (κ3) is 4.61. The first-order valence-electron chi connectivity index (χ1n) is 7.68. The molecule has 0 radical (unpaired) electrons. The van der Waals surface area contributed by atoms with E-state index in [1.54, 1.807) is 20.8 Å². The van der Waals surface area contributed by atoms with Crippen molar-refractivity contribution in [3.63, 3.8) is 0 Å². The zero-order valence-electron chi connectivity index (χ0n) is 13.6. The number of anilines is 2. The maximum absolute atomic E-state index is 14.8. The minimum absolute atomic E-state index is 0.172. The topological polar surface area (TPSA) is 55.6 Å². The number of halogens is 1. The quantitative estimate of drug-likeness (QED) is 0.687. The number of carbonyl (C=O) groups excluding carboxylic acids is 1. The van der Waals surface area contributed by atoms with Crippen LogP contribution in [-0.2, 0) is 9.53 Å². The highest BCUT2D eigenvalue weighted by molar-refractivity contribution is 5.71. The Balaban J connectivity index is 1.91. The number of ether oxygens (including phenoxy) is 1. The molecule has 2 rings (SSSR count). The maximum atomic E-state index is 14.8. The fourth-order valence-corrected chi connectivity index (χ4v) is 2.70. The molecule has 0 saturated carbocycles. The fourth-order valence-electron chi connectivity index (χ4n) is 2.70. The molecule has 0 bridgehead atoms. The van der Waals surface area contributed by atoms with Crippen molar-refractivity contribution in [3.8, 4) is 0 Å². The molecule has 2 N–H and O–H groups in total. The number of hydrogen-bond donors (Lipinski definition) is 1. The number of hydrogen-bond acceptors (Lipinski definition) is 4. The van der Waals surface area contributed by atoms with Crippen LogP contribution >= 0.6 is 0 Å². The van der Waals surface area contributed by atoms with Gasteiger partial charge in [-0.3, -0.25) is 4.79 Å². The Labute approximate surface area is 131 Å². The van der Waals surface area contributed by atoms with E-state index in [9.17, 15) is 9.18 Å². The predicted octanol–water partition coefficient (Wildman–Crippen LogP) is 3.31. The Kier molecular flexibility index (Phi) is 4.63. The van der Waals surface area contributed by atoms with Crippen LogP contribution in [0.2, 0.25) is 0 Å². The average molecular weight is 308 g/mol. The van der Waals surface area contributed by atoms with E-state index in [1.807, 2.05) is 24.3 Å². The van der Waals surface area contributed by atoms with Gasteiger partial charge in [-0.2, -0.15) is 0 Å². The van der Waals surface area contributed by atoms with Gasteiger partial charge < -0.3 is 15.4 Å². The predicted molar refractivity (Wildman–Crippen MR) is 86.6 cm³/mol. The summed E-state index contributed by atoms with van der Waals surface area (Å²) in [5, 5.41) is 0. The van der Waals surface area contributed by atoms with Crippen LogP contribution in [-0.4, -0.2) is 30.3 Å². The summed E-state index contributed by atoms with van der Waals surface area (Å²) in [6, 6.07) is 7.58. The van der Waals surface area contributed by atoms with E-state index in [1.165, 1.54) is 0 Å². The van der Waals surface area contributed by atoms with Crippen LogP contribution in [0.15, 0.2) is 24.3 Å². The second-order valence-electron chi connectivity index (χ2n) is 7.00. The van der Waals surface area contributed by atoms with Crippen molar-refractivity contribution in [3.05, 3.63) is 24.3 Å². The van der Waals surface area contributed by atoms with E-state index in [4.69, 9.17) is 10.5 Å². The molecule has 0 aromatic heterocycles. The van der Waals surface area contributed by atoms with Gasteiger partial charge in [0, 0.05) is 24.5 Å². The van der Waals surface area contributed by atoms with Crippen LogP contribution < -0.4 is 10.6 Å². The molecule has 0 aliphatic carbocycles. The molecule has 4 nitrogen and oxygen atoms in total. The number of alkyl halides is 1. The Hall–Kier alpha value is -1.78. The summed E-state index contributed by atoms with van der Waals surface area (Å²) in [6.45, 7) is 6.51. The first-order chi connectivity index (χ1) is 10.2. The molecule has 1 heterocycles. The number of carbonyl (C=O) groups is 1. The summed E-state index contributed by atoms with van der Waals surface area (Å²) in [4.78, 5) is 13.9. The third-order valence-corrected chi connectivity index (χ3v) is 3.78. The van der Waals surface area contributed by atoms with Gasteiger partial charge in [-0.25, -0.2) is 4.39 Å². The maximum Gasteiger partial charge on any atom is 0.309 e. The summed E-state index contributed by atoms with van der Waals surface area (Å²) < 4.78 is 20.0. The van der Waals surface area contributed by atoms with Crippen molar-refractivity contribution in [2.75, 3.05) is 23.7 Å². The van der Waals surface area contributed by atoms with Gasteiger partial charge in [-0.05, 0) is 51.8 Å². The van der Waals surface area contributed by atoms with Crippen molar-refractivity contribution in [2.45, 2.75) is 51.3 Å². The molecule has 0 amide bonds. The van der Waals surface area contributed by atoms with Crippen molar-refractivity contribution in [2.24, 2.45) is 0 Å². The van der Waals surface area contributed by atoms with Crippen LogP contribution in [0.1, 0.15) is 40.0 Å². The van der Waals surface area contributed by atoms with Crippen LogP contribution in [0, 0.1) is 0 Å². The van der Waals surface area contributed by atoms with Gasteiger partial charge in [-0.15, -0.1) is 0 Å². The molecule has 1 aliphatic rings. The summed E-state index contributed by atoms with van der Waals surface area (Å²) >= 11 is 0. The third-order valence-electron chi connectivity index (χ3n) is 3.78. The molecule has 1 fully saturated rings. The van der Waals surface area contributed by atoms with Gasteiger partial charge in [0.1, 0.15) is 11.3 Å². The first kappa shape index (κ1) is 16.6. The number of nitrogen functional groups attached to an aromatic ring is 1. The fraction of sp³-hybridized carbons (Fsp3) is 0.588. The number of nitrogens with zero attached hydrogens (tertiary/aromatic N) is 1. The molecule has 0 unspecified atom stereocenters. The molecule has 1 aromatic carbocycles. The van der Waals surface area contributed by atoms with Gasteiger partial charge in [0.15, 0.2) is 0 Å². The van der Waals surface area contributed by atoms with Gasteiger partial charge in [0.05, 0.1) is 6.42 Å². The highest BCUT2D eigenvalue weighted by Gasteiger charge is 2.38. The molecule has 5 heteroatoms. The zero-order chi connectivity index (χ0) is 16.4. The van der Waals surface area contributed by atoms with Crippen molar-refractivity contribution < 1.29 is 13.9 Å². The largest absolute Gasteiger partial charge is 0.460 e. The number of esters is 1. The van der Waals surface area contributed by atoms with Crippen LogP contribution in [0.3, 0.4) is 0 Å². The minimum Gasteiger partial charge on any atom is -0.460 e. The second kappa shape index (κ2) is 6.15. The second-order valence-corrected chi connectivity index (χ2v) is 7.00. The van der Waals surface area contributed by atoms with Crippen molar-refractivity contribution in [1.29, 1.82) is 0 Å². The lowest BCUT2D eigenvalue weighted by atomic mass is 9.89. The minimum atomic E-state index is -1.47. The number of rotatable bonds is 3. The van der Waals surface area contributed by atoms with Crippen LogP contribution in [0.4, 0.5) is 15.8 Å². The molecule has 22 heavy (non-hydrogen) atoms. The van der Waals surface area contributed by atoms with Crippen LogP contribution in [0.25, 0.3) is 0 Å². The Bertz CT molecular complexity index is 532. The van der Waals surface area contributed by atoms with Crippen LogP contribution in [0.5, 0.6) is 0 Å². The average Bonchev–Trinajstić information content (AvgIpc) is 2.36. The Morgan fingerprint density at radius 1 is 1.36 bits per heavy atom. The SMILES string of the molecule is CC(C)(C)OC(=O)CC1(F)CCN(c2cccc(N)c2)CC1. The summed E-state index contributed by atoms with van der Waals surface area (Å²) in [7, 11) is 0. The highest BCUT2D eigenvalue weighted by atomic mass is 19.1. The molecular formula is C17H25FN2O2. The van der Waals surface area contributed by atoms with Gasteiger partial charge in [-0.1, -0.05) is 6.07 Å². The Morgan fingerprint density at radius 3 is 2.55 bits per heavy atom. The lowest BCUT2D eigenvalue weighted by Crippen LogP contribution is -2.43. The highest BCUT2D eigenvalue weighted by Crippen LogP contribution is 2.33. The molecule has 1 aliphatic heterocycles. The Morgan fingerprint density at radius 2 is 2.00 bits per heavy atom. The van der Waals surface area contributed by atoms with E-state index in [0.29, 0.717) is 31.6 Å². The number of nitrogens with two attached hydrogens (primary N) is 1.